The molecule has 0 bridgehead atoms. The van der Waals surface area contributed by atoms with E-state index >= 15 is 0 Å². The molecule has 0 radical (unpaired) electrons. The van der Waals surface area contributed by atoms with Gasteiger partial charge in [-0.25, -0.2) is 0 Å². The quantitative estimate of drug-likeness (QED) is 0.721. The van der Waals surface area contributed by atoms with Crippen LogP contribution in [0.25, 0.3) is 11.4 Å². The number of amides is 1. The van der Waals surface area contributed by atoms with Gasteiger partial charge >= 0.3 is 0 Å². The molecule has 2 heterocycles. The standard InChI is InChI=1S/C15H14ClN5O2S/c1-2-13-19-20-15(24-13)17-11(22)7-8-12-18-14(21-23-12)9-5-3-4-6-10(9)16/h3-6H,2,7-8H2,1H3,(H,17,20,22). The smallest absolute Gasteiger partial charge is 0.227 e. The van der Waals surface area contributed by atoms with Crippen LogP contribution in [-0.4, -0.2) is 26.2 Å². The van der Waals surface area contributed by atoms with Crippen molar-refractivity contribution in [1.29, 1.82) is 0 Å². The van der Waals surface area contributed by atoms with Crippen molar-refractivity contribution in [2.75, 3.05) is 5.32 Å². The Hall–Kier alpha value is -2.32. The van der Waals surface area contributed by atoms with E-state index in [1.807, 2.05) is 25.1 Å². The Morgan fingerprint density at radius 1 is 1.33 bits per heavy atom. The van der Waals surface area contributed by atoms with Gasteiger partial charge in [0, 0.05) is 18.4 Å². The second-order valence-corrected chi connectivity index (χ2v) is 6.36. The van der Waals surface area contributed by atoms with Gasteiger partial charge < -0.3 is 9.84 Å². The van der Waals surface area contributed by atoms with Gasteiger partial charge in [-0.05, 0) is 18.6 Å². The number of nitrogens with one attached hydrogen (secondary N) is 1. The number of hydrogen-bond acceptors (Lipinski definition) is 7. The summed E-state index contributed by atoms with van der Waals surface area (Å²) in [5, 5.41) is 16.4. The second kappa shape index (κ2) is 7.50. The van der Waals surface area contributed by atoms with Crippen LogP contribution >= 0.6 is 22.9 Å². The number of aromatic nitrogens is 4. The maximum atomic E-state index is 11.9. The molecule has 1 N–H and O–H groups in total. The van der Waals surface area contributed by atoms with Gasteiger partial charge in [0.15, 0.2) is 0 Å². The number of benzene rings is 1. The van der Waals surface area contributed by atoms with E-state index in [1.54, 1.807) is 6.07 Å². The highest BCUT2D eigenvalue weighted by Gasteiger charge is 2.13. The highest BCUT2D eigenvalue weighted by atomic mass is 35.5. The van der Waals surface area contributed by atoms with E-state index in [9.17, 15) is 4.79 Å². The van der Waals surface area contributed by atoms with Gasteiger partial charge in [-0.3, -0.25) is 4.79 Å². The monoisotopic (exact) mass is 363 g/mol. The first-order chi connectivity index (χ1) is 11.7. The van der Waals surface area contributed by atoms with Crippen molar-refractivity contribution < 1.29 is 9.32 Å². The van der Waals surface area contributed by atoms with Crippen LogP contribution in [0.5, 0.6) is 0 Å². The van der Waals surface area contributed by atoms with Crippen LogP contribution in [0.1, 0.15) is 24.2 Å². The van der Waals surface area contributed by atoms with Crippen LogP contribution in [0.2, 0.25) is 5.02 Å². The fraction of sp³-hybridized carbons (Fsp3) is 0.267. The van der Waals surface area contributed by atoms with Gasteiger partial charge in [0.05, 0.1) is 5.02 Å². The summed E-state index contributed by atoms with van der Waals surface area (Å²) in [4.78, 5) is 16.2. The number of rotatable bonds is 6. The number of aryl methyl sites for hydroxylation is 2. The molecule has 0 saturated heterocycles. The Morgan fingerprint density at radius 3 is 2.92 bits per heavy atom. The third-order valence-corrected chi connectivity index (χ3v) is 4.48. The predicted octanol–water partition coefficient (Wildman–Crippen LogP) is 3.38. The molecule has 0 aliphatic heterocycles. The van der Waals surface area contributed by atoms with Crippen LogP contribution in [0, 0.1) is 0 Å². The topological polar surface area (TPSA) is 93.8 Å². The molecular weight excluding hydrogens is 350 g/mol. The molecule has 0 atom stereocenters. The van der Waals surface area contributed by atoms with E-state index in [4.69, 9.17) is 16.1 Å². The first-order valence-corrected chi connectivity index (χ1v) is 8.55. The van der Waals surface area contributed by atoms with Crippen molar-refractivity contribution in [2.45, 2.75) is 26.2 Å². The van der Waals surface area contributed by atoms with Crippen molar-refractivity contribution in [3.8, 4) is 11.4 Å². The van der Waals surface area contributed by atoms with E-state index in [2.05, 4.69) is 25.7 Å². The summed E-state index contributed by atoms with van der Waals surface area (Å²) in [6.07, 6.45) is 1.34. The molecule has 9 heteroatoms. The Kier molecular flexibility index (Phi) is 5.17. The number of halogens is 1. The number of carbonyl (C=O) groups excluding carboxylic acids is 1. The van der Waals surface area contributed by atoms with Crippen molar-refractivity contribution in [3.05, 3.63) is 40.2 Å². The molecule has 1 amide bonds. The zero-order valence-corrected chi connectivity index (χ0v) is 14.4. The average molecular weight is 364 g/mol. The van der Waals surface area contributed by atoms with Gasteiger partial charge in [0.1, 0.15) is 5.01 Å². The number of carbonyl (C=O) groups is 1. The summed E-state index contributed by atoms with van der Waals surface area (Å²) in [5.41, 5.74) is 0.694. The third kappa shape index (κ3) is 3.95. The molecule has 7 nitrogen and oxygen atoms in total. The normalized spacial score (nSPS) is 10.8. The molecule has 0 fully saturated rings. The van der Waals surface area contributed by atoms with Crippen molar-refractivity contribution in [3.63, 3.8) is 0 Å². The average Bonchev–Trinajstić information content (AvgIpc) is 3.22. The van der Waals surface area contributed by atoms with Crippen molar-refractivity contribution in [2.24, 2.45) is 0 Å². The van der Waals surface area contributed by atoms with Crippen LogP contribution in [0.3, 0.4) is 0 Å². The lowest BCUT2D eigenvalue weighted by Crippen LogP contribution is -2.12. The SMILES string of the molecule is CCc1nnc(NC(=O)CCc2nc(-c3ccccc3Cl)no2)s1. The lowest BCUT2D eigenvalue weighted by atomic mass is 10.2. The minimum Gasteiger partial charge on any atom is -0.339 e. The minimum atomic E-state index is -0.175. The first-order valence-electron chi connectivity index (χ1n) is 7.35. The molecule has 3 aromatic rings. The Balaban J connectivity index is 1.57. The molecule has 124 valence electrons. The second-order valence-electron chi connectivity index (χ2n) is 4.89. The summed E-state index contributed by atoms with van der Waals surface area (Å²) in [7, 11) is 0. The summed E-state index contributed by atoms with van der Waals surface area (Å²) in [5.74, 6) is 0.616. The first kappa shape index (κ1) is 16.5. The van der Waals surface area contributed by atoms with E-state index in [0.717, 1.165) is 11.4 Å². The zero-order chi connectivity index (χ0) is 16.9. The molecule has 3 rings (SSSR count). The molecule has 0 spiro atoms. The molecule has 0 unspecified atom stereocenters. The van der Waals surface area contributed by atoms with E-state index < -0.39 is 0 Å². The van der Waals surface area contributed by atoms with Crippen molar-refractivity contribution in [1.82, 2.24) is 20.3 Å². The van der Waals surface area contributed by atoms with E-state index in [0.29, 0.717) is 33.9 Å². The summed E-state index contributed by atoms with van der Waals surface area (Å²) >= 11 is 7.47. The lowest BCUT2D eigenvalue weighted by Gasteiger charge is -1.98. The Bertz CT molecular complexity index is 848. The molecule has 2 aromatic heterocycles. The van der Waals surface area contributed by atoms with Crippen LogP contribution < -0.4 is 5.32 Å². The fourth-order valence-electron chi connectivity index (χ4n) is 1.96. The largest absolute Gasteiger partial charge is 0.339 e. The van der Waals surface area contributed by atoms with Gasteiger partial charge in [0.2, 0.25) is 22.8 Å². The van der Waals surface area contributed by atoms with Crippen LogP contribution in [0.4, 0.5) is 5.13 Å². The fourth-order valence-corrected chi connectivity index (χ4v) is 2.87. The summed E-state index contributed by atoms with van der Waals surface area (Å²) < 4.78 is 5.17. The van der Waals surface area contributed by atoms with Gasteiger partial charge in [-0.2, -0.15) is 4.98 Å². The van der Waals surface area contributed by atoms with E-state index in [-0.39, 0.29) is 12.3 Å². The predicted molar refractivity (Wildman–Crippen MR) is 91.0 cm³/mol. The number of anilines is 1. The van der Waals surface area contributed by atoms with E-state index in [1.165, 1.54) is 11.3 Å². The number of hydrogen-bond donors (Lipinski definition) is 1. The summed E-state index contributed by atoms with van der Waals surface area (Å²) in [6, 6.07) is 7.24. The molecule has 24 heavy (non-hydrogen) atoms. The molecule has 1 aromatic carbocycles. The van der Waals surface area contributed by atoms with Crippen LogP contribution in [-0.2, 0) is 17.6 Å². The Morgan fingerprint density at radius 2 is 2.17 bits per heavy atom. The Labute approximate surface area is 147 Å². The molecule has 0 aliphatic rings. The van der Waals surface area contributed by atoms with Gasteiger partial charge in [0.25, 0.3) is 0 Å². The highest BCUT2D eigenvalue weighted by molar-refractivity contribution is 7.15. The summed E-state index contributed by atoms with van der Waals surface area (Å²) in [6.45, 7) is 1.98. The van der Waals surface area contributed by atoms with Gasteiger partial charge in [-0.15, -0.1) is 10.2 Å². The number of nitrogens with zero attached hydrogens (tertiary/aromatic N) is 4. The van der Waals surface area contributed by atoms with Crippen LogP contribution in [0.15, 0.2) is 28.8 Å². The van der Waals surface area contributed by atoms with Gasteiger partial charge in [-0.1, -0.05) is 47.2 Å². The third-order valence-electron chi connectivity index (χ3n) is 3.16. The minimum absolute atomic E-state index is 0.175. The molecule has 0 aliphatic carbocycles. The molecule has 0 saturated carbocycles. The lowest BCUT2D eigenvalue weighted by molar-refractivity contribution is -0.116. The zero-order valence-electron chi connectivity index (χ0n) is 12.8. The van der Waals surface area contributed by atoms with Crippen molar-refractivity contribution >= 4 is 34.0 Å². The maximum Gasteiger partial charge on any atom is 0.227 e. The highest BCUT2D eigenvalue weighted by Crippen LogP contribution is 2.25. The molecular formula is C15H14ClN5O2S. The maximum absolute atomic E-state index is 11.9.